The fraction of sp³-hybridized carbons (Fsp3) is 0.600. The van der Waals surface area contributed by atoms with Gasteiger partial charge in [0.15, 0.2) is 0 Å². The molecule has 1 aliphatic carbocycles. The Bertz CT molecular complexity index is 421. The van der Waals surface area contributed by atoms with Crippen LogP contribution < -0.4 is 5.73 Å². The first-order chi connectivity index (χ1) is 8.22. The molecule has 0 aromatic heterocycles. The molecule has 2 nitrogen and oxygen atoms in total. The Hall–Kier alpha value is -1.02. The maximum atomic E-state index is 6.05. The SMILES string of the molecule is CCCC1(CN2Cc3cccc(N)c3C2)CC1. The Morgan fingerprint density at radius 1 is 1.29 bits per heavy atom. The summed E-state index contributed by atoms with van der Waals surface area (Å²) in [5, 5.41) is 0. The lowest BCUT2D eigenvalue weighted by atomic mass is 10.0. The standard InChI is InChI=1S/C15H22N2/c1-2-6-15(7-8-15)11-17-9-12-4-3-5-14(16)13(12)10-17/h3-5H,2,6-11,16H2,1H3. The van der Waals surface area contributed by atoms with Gasteiger partial charge in [-0.15, -0.1) is 0 Å². The van der Waals surface area contributed by atoms with E-state index in [2.05, 4.69) is 24.0 Å². The summed E-state index contributed by atoms with van der Waals surface area (Å²) in [4.78, 5) is 2.59. The van der Waals surface area contributed by atoms with Gasteiger partial charge >= 0.3 is 0 Å². The molecule has 2 N–H and O–H groups in total. The molecule has 0 radical (unpaired) electrons. The van der Waals surface area contributed by atoms with Crippen molar-refractivity contribution < 1.29 is 0 Å². The summed E-state index contributed by atoms with van der Waals surface area (Å²) in [5.41, 5.74) is 10.5. The molecule has 0 spiro atoms. The van der Waals surface area contributed by atoms with Crippen LogP contribution in [0.25, 0.3) is 0 Å². The average Bonchev–Trinajstić information content (AvgIpc) is 2.90. The van der Waals surface area contributed by atoms with E-state index in [-0.39, 0.29) is 0 Å². The molecule has 0 atom stereocenters. The van der Waals surface area contributed by atoms with Crippen LogP contribution in [0.1, 0.15) is 43.7 Å². The third-order valence-electron chi connectivity index (χ3n) is 4.38. The van der Waals surface area contributed by atoms with Crippen molar-refractivity contribution in [2.24, 2.45) is 5.41 Å². The number of anilines is 1. The van der Waals surface area contributed by atoms with Gasteiger partial charge in [0.2, 0.25) is 0 Å². The van der Waals surface area contributed by atoms with Crippen molar-refractivity contribution >= 4 is 5.69 Å². The molecular formula is C15H22N2. The summed E-state index contributed by atoms with van der Waals surface area (Å²) in [7, 11) is 0. The fourth-order valence-electron chi connectivity index (χ4n) is 3.30. The van der Waals surface area contributed by atoms with E-state index < -0.39 is 0 Å². The van der Waals surface area contributed by atoms with Crippen molar-refractivity contribution in [3.8, 4) is 0 Å². The first-order valence-electron chi connectivity index (χ1n) is 6.81. The van der Waals surface area contributed by atoms with Crippen molar-refractivity contribution in [2.45, 2.75) is 45.7 Å². The number of benzene rings is 1. The third-order valence-corrected chi connectivity index (χ3v) is 4.38. The minimum absolute atomic E-state index is 0.658. The molecule has 1 heterocycles. The highest BCUT2D eigenvalue weighted by atomic mass is 15.2. The summed E-state index contributed by atoms with van der Waals surface area (Å²) in [6.45, 7) is 5.74. The van der Waals surface area contributed by atoms with Crippen LogP contribution >= 0.6 is 0 Å². The number of nitrogens with two attached hydrogens (primary N) is 1. The Morgan fingerprint density at radius 3 is 2.76 bits per heavy atom. The monoisotopic (exact) mass is 230 g/mol. The van der Waals surface area contributed by atoms with Crippen LogP contribution in [0.15, 0.2) is 18.2 Å². The minimum Gasteiger partial charge on any atom is -0.398 e. The molecule has 0 bridgehead atoms. The number of nitrogens with zero attached hydrogens (tertiary/aromatic N) is 1. The molecule has 1 aromatic carbocycles. The van der Waals surface area contributed by atoms with Gasteiger partial charge in [0.1, 0.15) is 0 Å². The second-order valence-corrected chi connectivity index (χ2v) is 5.88. The Kier molecular flexibility index (Phi) is 2.62. The number of rotatable bonds is 4. The molecule has 2 aliphatic rings. The molecular weight excluding hydrogens is 208 g/mol. The molecule has 2 heteroatoms. The van der Waals surface area contributed by atoms with E-state index in [1.807, 2.05) is 6.07 Å². The molecule has 92 valence electrons. The van der Waals surface area contributed by atoms with Gasteiger partial charge in [-0.25, -0.2) is 0 Å². The lowest BCUT2D eigenvalue weighted by Gasteiger charge is -2.22. The van der Waals surface area contributed by atoms with Crippen molar-refractivity contribution in [2.75, 3.05) is 12.3 Å². The lowest BCUT2D eigenvalue weighted by molar-refractivity contribution is 0.215. The third kappa shape index (κ3) is 2.06. The Morgan fingerprint density at radius 2 is 2.12 bits per heavy atom. The molecule has 0 saturated heterocycles. The molecule has 0 unspecified atom stereocenters. The lowest BCUT2D eigenvalue weighted by Crippen LogP contribution is -2.25. The van der Waals surface area contributed by atoms with Crippen LogP contribution in [0.2, 0.25) is 0 Å². The van der Waals surface area contributed by atoms with Gasteiger partial charge in [0, 0.05) is 25.3 Å². The quantitative estimate of drug-likeness (QED) is 0.805. The topological polar surface area (TPSA) is 29.3 Å². The second-order valence-electron chi connectivity index (χ2n) is 5.88. The molecule has 1 aromatic rings. The molecule has 1 aliphatic heterocycles. The molecule has 17 heavy (non-hydrogen) atoms. The van der Waals surface area contributed by atoms with Crippen molar-refractivity contribution in [1.82, 2.24) is 4.90 Å². The predicted octanol–water partition coefficient (Wildman–Crippen LogP) is 3.16. The highest BCUT2D eigenvalue weighted by Crippen LogP contribution is 2.51. The van der Waals surface area contributed by atoms with Gasteiger partial charge in [-0.2, -0.15) is 0 Å². The molecule has 1 fully saturated rings. The number of fused-ring (bicyclic) bond motifs is 1. The van der Waals surface area contributed by atoms with E-state index in [0.29, 0.717) is 5.41 Å². The van der Waals surface area contributed by atoms with Gasteiger partial charge in [-0.05, 0) is 41.9 Å². The number of hydrogen-bond acceptors (Lipinski definition) is 2. The summed E-state index contributed by atoms with van der Waals surface area (Å²) in [5.74, 6) is 0. The number of nitrogen functional groups attached to an aromatic ring is 1. The van der Waals surface area contributed by atoms with E-state index >= 15 is 0 Å². The van der Waals surface area contributed by atoms with Crippen molar-refractivity contribution in [1.29, 1.82) is 0 Å². The zero-order chi connectivity index (χ0) is 11.9. The van der Waals surface area contributed by atoms with Crippen LogP contribution in [0, 0.1) is 5.41 Å². The van der Waals surface area contributed by atoms with Gasteiger partial charge in [-0.1, -0.05) is 25.5 Å². The summed E-state index contributed by atoms with van der Waals surface area (Å²) < 4.78 is 0. The van der Waals surface area contributed by atoms with Crippen LogP contribution in [0.4, 0.5) is 5.69 Å². The van der Waals surface area contributed by atoms with E-state index in [0.717, 1.165) is 18.8 Å². The van der Waals surface area contributed by atoms with Crippen molar-refractivity contribution in [3.05, 3.63) is 29.3 Å². The minimum atomic E-state index is 0.658. The van der Waals surface area contributed by atoms with E-state index in [1.165, 1.54) is 43.4 Å². The smallest absolute Gasteiger partial charge is 0.0363 e. The van der Waals surface area contributed by atoms with Gasteiger partial charge in [0.25, 0.3) is 0 Å². The summed E-state index contributed by atoms with van der Waals surface area (Å²) in [6.07, 6.45) is 5.59. The van der Waals surface area contributed by atoms with E-state index in [1.54, 1.807) is 0 Å². The second kappa shape index (κ2) is 4.02. The largest absolute Gasteiger partial charge is 0.398 e. The Labute approximate surface area is 104 Å². The van der Waals surface area contributed by atoms with Crippen LogP contribution in [-0.2, 0) is 13.1 Å². The van der Waals surface area contributed by atoms with Crippen LogP contribution in [0.3, 0.4) is 0 Å². The highest BCUT2D eigenvalue weighted by molar-refractivity contribution is 5.52. The summed E-state index contributed by atoms with van der Waals surface area (Å²) >= 11 is 0. The van der Waals surface area contributed by atoms with Gasteiger partial charge < -0.3 is 5.73 Å². The van der Waals surface area contributed by atoms with Gasteiger partial charge in [0.05, 0.1) is 0 Å². The first kappa shape index (κ1) is 11.1. The zero-order valence-corrected chi connectivity index (χ0v) is 10.7. The van der Waals surface area contributed by atoms with E-state index in [9.17, 15) is 0 Å². The molecule has 1 saturated carbocycles. The fourth-order valence-corrected chi connectivity index (χ4v) is 3.30. The molecule has 0 amide bonds. The normalized spacial score (nSPS) is 21.5. The zero-order valence-electron chi connectivity index (χ0n) is 10.7. The van der Waals surface area contributed by atoms with Crippen LogP contribution in [0.5, 0.6) is 0 Å². The molecule has 3 rings (SSSR count). The Balaban J connectivity index is 1.68. The first-order valence-corrected chi connectivity index (χ1v) is 6.81. The number of hydrogen-bond donors (Lipinski definition) is 1. The maximum Gasteiger partial charge on any atom is 0.0363 e. The summed E-state index contributed by atoms with van der Waals surface area (Å²) in [6, 6.07) is 6.34. The van der Waals surface area contributed by atoms with Gasteiger partial charge in [-0.3, -0.25) is 4.90 Å². The van der Waals surface area contributed by atoms with E-state index in [4.69, 9.17) is 5.73 Å². The van der Waals surface area contributed by atoms with Crippen molar-refractivity contribution in [3.63, 3.8) is 0 Å². The average molecular weight is 230 g/mol. The maximum absolute atomic E-state index is 6.05. The highest BCUT2D eigenvalue weighted by Gasteiger charge is 2.43. The predicted molar refractivity (Wildman–Crippen MR) is 71.5 cm³/mol. The van der Waals surface area contributed by atoms with Crippen LogP contribution in [-0.4, -0.2) is 11.4 Å².